The third-order valence-electron chi connectivity index (χ3n) is 0.780. The topological polar surface area (TPSA) is 0 Å². The minimum atomic E-state index is 0.289. The number of rotatable bonds is 2. The molecule has 0 bridgehead atoms. The van der Waals surface area contributed by atoms with Crippen LogP contribution in [0.3, 0.4) is 0 Å². The van der Waals surface area contributed by atoms with Crippen LogP contribution in [0.25, 0.3) is 0 Å². The summed E-state index contributed by atoms with van der Waals surface area (Å²) in [4.78, 5) is 0. The summed E-state index contributed by atoms with van der Waals surface area (Å²) in [5.41, 5.74) is 0.889. The van der Waals surface area contributed by atoms with Gasteiger partial charge in [0.05, 0.1) is 7.77 Å². The molecule has 0 spiro atoms. The predicted molar refractivity (Wildman–Crippen MR) is 37.2 cm³/mol. The number of allylic oxidation sites excluding steroid dienone is 2. The van der Waals surface area contributed by atoms with Gasteiger partial charge >= 0.3 is 0 Å². The highest BCUT2D eigenvalue weighted by Gasteiger charge is 1.80. The van der Waals surface area contributed by atoms with Crippen LogP contribution < -0.4 is 0 Å². The lowest BCUT2D eigenvalue weighted by Gasteiger charge is -1.87. The maximum absolute atomic E-state index is 7.14. The normalized spacial score (nSPS) is 13.2. The van der Waals surface area contributed by atoms with Crippen LogP contribution in [0.15, 0.2) is 11.6 Å². The lowest BCUT2D eigenvalue weighted by molar-refractivity contribution is 1.19. The Morgan fingerprint density at radius 3 is 3.00 bits per heavy atom. The van der Waals surface area contributed by atoms with E-state index in [2.05, 4.69) is 5.92 Å². The second kappa shape index (κ2) is 4.46. The summed E-state index contributed by atoms with van der Waals surface area (Å²) >= 11 is 0. The van der Waals surface area contributed by atoms with Crippen molar-refractivity contribution in [2.75, 3.05) is 0 Å². The highest BCUT2D eigenvalue weighted by molar-refractivity contribution is 5.22. The molecule has 0 aromatic carbocycles. The van der Waals surface area contributed by atoms with E-state index in [-0.39, 0.29) is 6.40 Å². The monoisotopic (exact) mass is 108 g/mol. The van der Waals surface area contributed by atoms with Crippen LogP contribution in [0, 0.1) is 18.7 Å². The fourth-order valence-electron chi connectivity index (χ4n) is 0.471. The Hall–Kier alpha value is -0.700. The molecule has 0 amide bonds. The van der Waals surface area contributed by atoms with Crippen LogP contribution in [0.4, 0.5) is 0 Å². The van der Waals surface area contributed by atoms with E-state index in [0.717, 1.165) is 12.0 Å². The fourth-order valence-corrected chi connectivity index (χ4v) is 0.471. The van der Waals surface area contributed by atoms with Gasteiger partial charge in [-0.25, -0.2) is 0 Å². The zero-order valence-electron chi connectivity index (χ0n) is 6.36. The molecule has 43 valence electrons. The first-order chi connectivity index (χ1) is 4.22. The van der Waals surface area contributed by atoms with Crippen LogP contribution in [0.2, 0.25) is 0 Å². The van der Waals surface area contributed by atoms with Gasteiger partial charge in [-0.3, -0.25) is 0 Å². The van der Waals surface area contributed by atoms with Crippen LogP contribution >= 0.6 is 0 Å². The van der Waals surface area contributed by atoms with Crippen molar-refractivity contribution in [2.45, 2.75) is 20.3 Å². The van der Waals surface area contributed by atoms with Gasteiger partial charge in [0.15, 0.2) is 0 Å². The van der Waals surface area contributed by atoms with Crippen molar-refractivity contribution in [3.05, 3.63) is 18.0 Å². The Morgan fingerprint density at radius 2 is 2.62 bits per heavy atom. The second-order valence-electron chi connectivity index (χ2n) is 1.56. The van der Waals surface area contributed by atoms with E-state index in [1.54, 1.807) is 0 Å². The van der Waals surface area contributed by atoms with E-state index in [0.29, 0.717) is 0 Å². The van der Waals surface area contributed by atoms with Crippen molar-refractivity contribution in [2.24, 2.45) is 0 Å². The van der Waals surface area contributed by atoms with Gasteiger partial charge in [-0.05, 0) is 13.3 Å². The molecule has 0 heterocycles. The van der Waals surface area contributed by atoms with Crippen molar-refractivity contribution in [1.82, 2.24) is 0 Å². The van der Waals surface area contributed by atoms with Crippen molar-refractivity contribution >= 4 is 0 Å². The molecule has 8 heavy (non-hydrogen) atoms. The van der Waals surface area contributed by atoms with E-state index in [4.69, 9.17) is 7.79 Å². The first kappa shape index (κ1) is 5.44. The van der Waals surface area contributed by atoms with Gasteiger partial charge in [0.2, 0.25) is 0 Å². The van der Waals surface area contributed by atoms with Gasteiger partial charge in [-0.15, -0.1) is 6.42 Å². The zero-order chi connectivity index (χ0) is 7.28. The highest BCUT2D eigenvalue weighted by Crippen LogP contribution is 1.96. The molecule has 0 aliphatic heterocycles. The van der Waals surface area contributed by atoms with Gasteiger partial charge in [0.25, 0.3) is 0 Å². The largest absolute Gasteiger partial charge is 0.119 e. The molecule has 0 aliphatic carbocycles. The maximum atomic E-state index is 7.14. The van der Waals surface area contributed by atoms with Gasteiger partial charge in [0, 0.05) is 0 Å². The van der Waals surface area contributed by atoms with Crippen molar-refractivity contribution < 1.29 is 1.37 Å². The molecule has 0 N–H and O–H groups in total. The van der Waals surface area contributed by atoms with E-state index in [1.165, 1.54) is 0 Å². The molecule has 0 heteroatoms. The Kier molecular flexibility index (Phi) is 3.03. The summed E-state index contributed by atoms with van der Waals surface area (Å²) < 4.78 is 7.14. The summed E-state index contributed by atoms with van der Waals surface area (Å²) in [5.74, 6) is 2.26. The number of hydrogen-bond donors (Lipinski definition) is 0. The highest BCUT2D eigenvalue weighted by atomic mass is 13.8. The summed E-state index contributed by atoms with van der Waals surface area (Å²) in [5, 5.41) is 0. The molecule has 0 unspecified atom stereocenters. The molecule has 0 saturated heterocycles. The Labute approximate surface area is 53.0 Å². The zero-order valence-corrected chi connectivity index (χ0v) is 5.36. The summed E-state index contributed by atoms with van der Waals surface area (Å²) in [6, 6.07) is 0. The Balaban J connectivity index is 3.89. The average molecular weight is 108 g/mol. The van der Waals surface area contributed by atoms with Crippen molar-refractivity contribution in [1.29, 1.82) is 0 Å². The molecule has 0 atom stereocenters. The molecule has 0 rings (SSSR count). The predicted octanol–water partition coefficient (Wildman–Crippen LogP) is 2.18. The molecule has 0 fully saturated rings. The summed E-state index contributed by atoms with van der Waals surface area (Å²) in [7, 11) is 0. The van der Waals surface area contributed by atoms with E-state index in [1.807, 2.05) is 19.9 Å². The minimum Gasteiger partial charge on any atom is -0.119 e. The van der Waals surface area contributed by atoms with Crippen LogP contribution in [0.1, 0.15) is 21.6 Å². The van der Waals surface area contributed by atoms with Gasteiger partial charge < -0.3 is 0 Å². The standard InChI is InChI=1S/C8H11/c1-4-6-8(3)7-5-2/h1,6-7H,5H2,2-3H3/i6D. The van der Waals surface area contributed by atoms with Gasteiger partial charge in [-0.2, -0.15) is 0 Å². The van der Waals surface area contributed by atoms with Crippen LogP contribution in [0.5, 0.6) is 0 Å². The minimum absolute atomic E-state index is 0.289. The molecule has 0 saturated carbocycles. The van der Waals surface area contributed by atoms with E-state index >= 15 is 0 Å². The molecule has 0 aromatic heterocycles. The Morgan fingerprint density at radius 1 is 2.00 bits per heavy atom. The van der Waals surface area contributed by atoms with Crippen molar-refractivity contribution in [3.8, 4) is 12.3 Å². The van der Waals surface area contributed by atoms with E-state index in [9.17, 15) is 0 Å². The van der Waals surface area contributed by atoms with E-state index < -0.39 is 0 Å². The lowest BCUT2D eigenvalue weighted by atomic mass is 10.2. The maximum Gasteiger partial charge on any atom is 0.0582 e. The SMILES string of the molecule is [2H][C](C#C)C(C)=CCC. The first-order valence-corrected chi connectivity index (χ1v) is 2.69. The molecular formula is C8H11. The first-order valence-electron chi connectivity index (χ1n) is 3.19. The third kappa shape index (κ3) is 3.49. The van der Waals surface area contributed by atoms with Crippen LogP contribution in [-0.4, -0.2) is 0 Å². The molecule has 0 nitrogen and oxygen atoms in total. The third-order valence-corrected chi connectivity index (χ3v) is 0.780. The summed E-state index contributed by atoms with van der Waals surface area (Å²) in [6.07, 6.45) is 8.16. The quantitative estimate of drug-likeness (QED) is 0.475. The lowest BCUT2D eigenvalue weighted by Crippen LogP contribution is -1.71. The van der Waals surface area contributed by atoms with Crippen LogP contribution in [-0.2, 0) is 0 Å². The van der Waals surface area contributed by atoms with Gasteiger partial charge in [-0.1, -0.05) is 24.5 Å². The smallest absolute Gasteiger partial charge is 0.0582 e. The second-order valence-corrected chi connectivity index (χ2v) is 1.56. The van der Waals surface area contributed by atoms with Gasteiger partial charge in [0.1, 0.15) is 0 Å². The number of terminal acetylenes is 1. The average Bonchev–Trinajstić information content (AvgIpc) is 1.87. The Bertz CT molecular complexity index is 139. The summed E-state index contributed by atoms with van der Waals surface area (Å²) in [6.45, 7) is 3.87. The molecule has 0 aliphatic rings. The molecule has 0 aromatic rings. The molecule has 1 radical (unpaired) electrons. The molecular weight excluding hydrogens is 96.1 g/mol. The van der Waals surface area contributed by atoms with Crippen molar-refractivity contribution in [3.63, 3.8) is 0 Å². The number of hydrogen-bond acceptors (Lipinski definition) is 0. The fraction of sp³-hybridized carbons (Fsp3) is 0.375.